The average molecular weight is 232 g/mol. The van der Waals surface area contributed by atoms with Crippen molar-refractivity contribution in [3.63, 3.8) is 0 Å². The Labute approximate surface area is 100 Å². The number of nitriles is 1. The van der Waals surface area contributed by atoms with Crippen molar-refractivity contribution in [2.45, 2.75) is 19.3 Å². The van der Waals surface area contributed by atoms with E-state index in [0.717, 1.165) is 11.3 Å². The predicted octanol–water partition coefficient (Wildman–Crippen LogP) is 1.01. The molecule has 0 aliphatic heterocycles. The van der Waals surface area contributed by atoms with Crippen molar-refractivity contribution in [1.29, 1.82) is 5.26 Å². The molecule has 0 aromatic heterocycles. The second kappa shape index (κ2) is 6.38. The minimum absolute atomic E-state index is 0.294. The minimum atomic E-state index is -0.297. The summed E-state index contributed by atoms with van der Waals surface area (Å²) in [6.45, 7) is 0.666. The lowest BCUT2D eigenvalue weighted by molar-refractivity contribution is -0.118. The zero-order chi connectivity index (χ0) is 12.7. The maximum absolute atomic E-state index is 10.5. The lowest BCUT2D eigenvalue weighted by Gasteiger charge is -2.08. The van der Waals surface area contributed by atoms with Crippen LogP contribution < -0.4 is 16.8 Å². The molecule has 90 valence electrons. The second-order valence-electron chi connectivity index (χ2n) is 3.75. The molecule has 0 saturated heterocycles. The molecule has 1 aromatic rings. The predicted molar refractivity (Wildman–Crippen MR) is 67.1 cm³/mol. The zero-order valence-corrected chi connectivity index (χ0v) is 9.57. The van der Waals surface area contributed by atoms with Crippen molar-refractivity contribution in [2.24, 2.45) is 5.73 Å². The van der Waals surface area contributed by atoms with Crippen molar-refractivity contribution in [1.82, 2.24) is 0 Å². The van der Waals surface area contributed by atoms with E-state index in [0.29, 0.717) is 31.5 Å². The Balaban J connectivity index is 2.51. The van der Waals surface area contributed by atoms with E-state index in [4.69, 9.17) is 16.7 Å². The molecule has 0 atom stereocenters. The van der Waals surface area contributed by atoms with E-state index >= 15 is 0 Å². The normalized spacial score (nSPS) is 9.59. The van der Waals surface area contributed by atoms with E-state index in [-0.39, 0.29) is 5.91 Å². The summed E-state index contributed by atoms with van der Waals surface area (Å²) in [5.41, 5.74) is 13.1. The van der Waals surface area contributed by atoms with Gasteiger partial charge < -0.3 is 16.8 Å². The summed E-state index contributed by atoms with van der Waals surface area (Å²) in [4.78, 5) is 10.5. The first-order valence-electron chi connectivity index (χ1n) is 5.41. The SMILES string of the molecule is N#CCc1cc(NCCCC(N)=O)ccc1N. The number of nitrogens with zero attached hydrogens (tertiary/aromatic N) is 1. The van der Waals surface area contributed by atoms with Crippen LogP contribution in [-0.4, -0.2) is 12.5 Å². The Morgan fingerprint density at radius 3 is 2.88 bits per heavy atom. The number of rotatable bonds is 6. The van der Waals surface area contributed by atoms with Crippen LogP contribution in [0.5, 0.6) is 0 Å². The molecular formula is C12H16N4O. The second-order valence-corrected chi connectivity index (χ2v) is 3.75. The van der Waals surface area contributed by atoms with Gasteiger partial charge in [-0.2, -0.15) is 5.26 Å². The van der Waals surface area contributed by atoms with Crippen LogP contribution in [-0.2, 0) is 11.2 Å². The number of benzene rings is 1. The Morgan fingerprint density at radius 1 is 1.47 bits per heavy atom. The van der Waals surface area contributed by atoms with Crippen LogP contribution >= 0.6 is 0 Å². The third kappa shape index (κ3) is 4.43. The van der Waals surface area contributed by atoms with Crippen LogP contribution in [0.4, 0.5) is 11.4 Å². The van der Waals surface area contributed by atoms with Crippen LogP contribution in [0, 0.1) is 11.3 Å². The van der Waals surface area contributed by atoms with Crippen molar-refractivity contribution in [2.75, 3.05) is 17.6 Å². The van der Waals surface area contributed by atoms with Crippen molar-refractivity contribution >= 4 is 17.3 Å². The molecular weight excluding hydrogens is 216 g/mol. The molecule has 0 saturated carbocycles. The molecule has 5 N–H and O–H groups in total. The Bertz CT molecular complexity index is 437. The molecule has 1 rings (SSSR count). The van der Waals surface area contributed by atoms with Gasteiger partial charge in [-0.05, 0) is 30.2 Å². The number of carbonyl (C=O) groups excluding carboxylic acids is 1. The number of carbonyl (C=O) groups is 1. The van der Waals surface area contributed by atoms with Crippen molar-refractivity contribution in [3.8, 4) is 6.07 Å². The number of hydrogen-bond donors (Lipinski definition) is 3. The van der Waals surface area contributed by atoms with Crippen LogP contribution in [0.25, 0.3) is 0 Å². The molecule has 5 nitrogen and oxygen atoms in total. The number of nitrogens with one attached hydrogen (secondary N) is 1. The van der Waals surface area contributed by atoms with Gasteiger partial charge in [-0.3, -0.25) is 4.79 Å². The first-order chi connectivity index (χ1) is 8.13. The van der Waals surface area contributed by atoms with Crippen molar-refractivity contribution in [3.05, 3.63) is 23.8 Å². The summed E-state index contributed by atoms with van der Waals surface area (Å²) in [7, 11) is 0. The van der Waals surface area contributed by atoms with Gasteiger partial charge in [0.25, 0.3) is 0 Å². The topological polar surface area (TPSA) is 105 Å². The van der Waals surface area contributed by atoms with Gasteiger partial charge in [0.15, 0.2) is 0 Å². The third-order valence-corrected chi connectivity index (χ3v) is 2.34. The molecule has 17 heavy (non-hydrogen) atoms. The fourth-order valence-electron chi connectivity index (χ4n) is 1.45. The molecule has 5 heteroatoms. The van der Waals surface area contributed by atoms with Gasteiger partial charge in [-0.15, -0.1) is 0 Å². The Morgan fingerprint density at radius 2 is 2.24 bits per heavy atom. The molecule has 0 aliphatic rings. The average Bonchev–Trinajstić information content (AvgIpc) is 2.28. The molecule has 0 unspecified atom stereocenters. The number of amides is 1. The maximum Gasteiger partial charge on any atom is 0.217 e. The number of hydrogen-bond acceptors (Lipinski definition) is 4. The molecule has 1 aromatic carbocycles. The zero-order valence-electron chi connectivity index (χ0n) is 9.57. The van der Waals surface area contributed by atoms with Crippen LogP contribution in [0.3, 0.4) is 0 Å². The maximum atomic E-state index is 10.5. The standard InChI is InChI=1S/C12H16N4O/c13-6-5-9-8-10(3-4-11(9)14)16-7-1-2-12(15)17/h3-4,8,16H,1-2,5,7,14H2,(H2,15,17). The molecule has 0 spiro atoms. The van der Waals surface area contributed by atoms with E-state index in [1.807, 2.05) is 12.1 Å². The molecule has 0 fully saturated rings. The van der Waals surface area contributed by atoms with Crippen LogP contribution in [0.1, 0.15) is 18.4 Å². The highest BCUT2D eigenvalue weighted by Gasteiger charge is 2.01. The largest absolute Gasteiger partial charge is 0.398 e. The number of anilines is 2. The summed E-state index contributed by atoms with van der Waals surface area (Å²) >= 11 is 0. The van der Waals surface area contributed by atoms with E-state index in [1.54, 1.807) is 6.07 Å². The van der Waals surface area contributed by atoms with E-state index < -0.39 is 0 Å². The number of nitrogens with two attached hydrogens (primary N) is 2. The van der Waals surface area contributed by atoms with Gasteiger partial charge in [0.1, 0.15) is 0 Å². The first-order valence-corrected chi connectivity index (χ1v) is 5.41. The number of primary amides is 1. The van der Waals surface area contributed by atoms with Crippen molar-refractivity contribution < 1.29 is 4.79 Å². The minimum Gasteiger partial charge on any atom is -0.398 e. The van der Waals surface area contributed by atoms with Gasteiger partial charge in [0.2, 0.25) is 5.91 Å². The smallest absolute Gasteiger partial charge is 0.217 e. The molecule has 0 heterocycles. The first kappa shape index (κ1) is 12.8. The van der Waals surface area contributed by atoms with Crippen LogP contribution in [0.2, 0.25) is 0 Å². The molecule has 0 aliphatic carbocycles. The fourth-order valence-corrected chi connectivity index (χ4v) is 1.45. The summed E-state index contributed by atoms with van der Waals surface area (Å²) in [6, 6.07) is 7.53. The highest BCUT2D eigenvalue weighted by Crippen LogP contribution is 2.18. The van der Waals surface area contributed by atoms with Gasteiger partial charge in [-0.1, -0.05) is 0 Å². The van der Waals surface area contributed by atoms with Gasteiger partial charge in [0, 0.05) is 24.3 Å². The monoisotopic (exact) mass is 232 g/mol. The lowest BCUT2D eigenvalue weighted by Crippen LogP contribution is -2.12. The van der Waals surface area contributed by atoms with E-state index in [2.05, 4.69) is 11.4 Å². The highest BCUT2D eigenvalue weighted by molar-refractivity contribution is 5.73. The van der Waals surface area contributed by atoms with Crippen LogP contribution in [0.15, 0.2) is 18.2 Å². The van der Waals surface area contributed by atoms with Gasteiger partial charge in [0.05, 0.1) is 12.5 Å². The molecule has 0 bridgehead atoms. The van der Waals surface area contributed by atoms with Gasteiger partial charge >= 0.3 is 0 Å². The molecule has 1 amide bonds. The van der Waals surface area contributed by atoms with Gasteiger partial charge in [-0.25, -0.2) is 0 Å². The van der Waals surface area contributed by atoms with E-state index in [9.17, 15) is 4.79 Å². The Hall–Kier alpha value is -2.22. The summed E-state index contributed by atoms with van der Waals surface area (Å²) in [5.74, 6) is -0.297. The quantitative estimate of drug-likeness (QED) is 0.502. The Kier molecular flexibility index (Phi) is 4.82. The summed E-state index contributed by atoms with van der Waals surface area (Å²) in [5, 5.41) is 11.8. The highest BCUT2D eigenvalue weighted by atomic mass is 16.1. The van der Waals surface area contributed by atoms with E-state index in [1.165, 1.54) is 0 Å². The fraction of sp³-hybridized carbons (Fsp3) is 0.333. The lowest BCUT2D eigenvalue weighted by atomic mass is 10.1. The third-order valence-electron chi connectivity index (χ3n) is 2.34. The number of nitrogen functional groups attached to an aromatic ring is 1. The molecule has 0 radical (unpaired) electrons. The summed E-state index contributed by atoms with van der Waals surface area (Å²) < 4.78 is 0. The summed E-state index contributed by atoms with van der Waals surface area (Å²) in [6.07, 6.45) is 1.35.